The molecule has 0 atom stereocenters. The van der Waals surface area contributed by atoms with Crippen LogP contribution in [0.25, 0.3) is 5.70 Å². The predicted octanol–water partition coefficient (Wildman–Crippen LogP) is 4.75. The summed E-state index contributed by atoms with van der Waals surface area (Å²) in [5, 5.41) is 12.4. The number of carbonyl (C=O) groups is 2. The van der Waals surface area contributed by atoms with Crippen LogP contribution in [-0.2, 0) is 11.2 Å². The number of hydrazone groups is 1. The molecule has 1 aliphatic carbocycles. The second-order valence-corrected chi connectivity index (χ2v) is 9.98. The zero-order chi connectivity index (χ0) is 28.8. The quantitative estimate of drug-likeness (QED) is 0.242. The van der Waals surface area contributed by atoms with Gasteiger partial charge in [0.15, 0.2) is 0 Å². The number of aromatic nitrogens is 1. The summed E-state index contributed by atoms with van der Waals surface area (Å²) >= 11 is 6.32. The highest BCUT2D eigenvalue weighted by atomic mass is 35.5. The average molecular weight is 564 g/mol. The summed E-state index contributed by atoms with van der Waals surface area (Å²) in [5.74, 6) is -0.908. The lowest BCUT2D eigenvalue weighted by molar-refractivity contribution is -0.112. The molecule has 0 saturated heterocycles. The molecule has 1 aliphatic rings. The number of halogens is 2. The van der Waals surface area contributed by atoms with Gasteiger partial charge in [-0.05, 0) is 81.9 Å². The standard InChI is InChI=1S/C29H31ClFN7O2/c1-18(28(32)39)36-38(22-11-8-20(31)9-12-22)26-6-4-5-19-7-10-21(15-23(19)26)35-29(40)24-16-27(34-17-25(24)30)33-13-14-37(2)3/h6-12,15-17H,4-5,13-14H2,1-3H3,(H2,32,39)(H,33,34)(H,35,40)/b36-18+. The minimum atomic E-state index is -0.672. The fourth-order valence-corrected chi connectivity index (χ4v) is 4.32. The van der Waals surface area contributed by atoms with Crippen LogP contribution in [0.1, 0.15) is 34.8 Å². The number of amides is 2. The van der Waals surface area contributed by atoms with Gasteiger partial charge in [0.25, 0.3) is 11.8 Å². The van der Waals surface area contributed by atoms with Gasteiger partial charge in [-0.2, -0.15) is 5.10 Å². The minimum Gasteiger partial charge on any atom is -0.369 e. The molecule has 0 fully saturated rings. The Labute approximate surface area is 237 Å². The number of hydrogen-bond acceptors (Lipinski definition) is 7. The van der Waals surface area contributed by atoms with Gasteiger partial charge in [0, 0.05) is 30.5 Å². The normalized spacial score (nSPS) is 12.9. The molecular formula is C29H31ClFN7O2. The van der Waals surface area contributed by atoms with Gasteiger partial charge in [0.1, 0.15) is 17.3 Å². The van der Waals surface area contributed by atoms with E-state index in [1.165, 1.54) is 25.3 Å². The van der Waals surface area contributed by atoms with Gasteiger partial charge in [-0.25, -0.2) is 14.4 Å². The fourth-order valence-electron chi connectivity index (χ4n) is 4.13. The summed E-state index contributed by atoms with van der Waals surface area (Å²) in [6.07, 6.45) is 4.94. The fraction of sp³-hybridized carbons (Fsp3) is 0.241. The summed E-state index contributed by atoms with van der Waals surface area (Å²) in [7, 11) is 3.94. The largest absolute Gasteiger partial charge is 0.369 e. The Morgan fingerprint density at radius 3 is 2.60 bits per heavy atom. The van der Waals surface area contributed by atoms with Crippen LogP contribution in [0.2, 0.25) is 5.02 Å². The molecule has 11 heteroatoms. The van der Waals surface area contributed by atoms with Crippen molar-refractivity contribution in [1.29, 1.82) is 0 Å². The molecule has 208 valence electrons. The second kappa shape index (κ2) is 12.7. The number of carbonyl (C=O) groups excluding carboxylic acids is 2. The lowest BCUT2D eigenvalue weighted by Crippen LogP contribution is -2.26. The predicted molar refractivity (Wildman–Crippen MR) is 158 cm³/mol. The van der Waals surface area contributed by atoms with E-state index < -0.39 is 11.7 Å². The van der Waals surface area contributed by atoms with Crippen LogP contribution in [0.15, 0.2) is 65.9 Å². The molecule has 1 aromatic heterocycles. The number of hydrogen-bond donors (Lipinski definition) is 3. The van der Waals surface area contributed by atoms with Crippen molar-refractivity contribution in [2.75, 3.05) is 42.8 Å². The highest BCUT2D eigenvalue weighted by Crippen LogP contribution is 2.35. The van der Waals surface area contributed by atoms with Crippen molar-refractivity contribution in [3.05, 3.63) is 88.3 Å². The van der Waals surface area contributed by atoms with Crippen molar-refractivity contribution in [1.82, 2.24) is 9.88 Å². The molecule has 0 radical (unpaired) electrons. The van der Waals surface area contributed by atoms with Gasteiger partial charge in [0.05, 0.1) is 22.0 Å². The maximum Gasteiger partial charge on any atom is 0.264 e. The minimum absolute atomic E-state index is 0.0872. The van der Waals surface area contributed by atoms with E-state index in [-0.39, 0.29) is 22.2 Å². The summed E-state index contributed by atoms with van der Waals surface area (Å²) in [6.45, 7) is 2.97. The number of likely N-dealkylation sites (N-methyl/N-ethyl adjacent to an activating group) is 1. The first-order chi connectivity index (χ1) is 19.1. The van der Waals surface area contributed by atoms with E-state index in [1.807, 2.05) is 43.3 Å². The van der Waals surface area contributed by atoms with Gasteiger partial charge in [-0.1, -0.05) is 23.7 Å². The third-order valence-corrected chi connectivity index (χ3v) is 6.57. The number of primary amides is 1. The molecule has 9 nitrogen and oxygen atoms in total. The lowest BCUT2D eigenvalue weighted by atomic mass is 9.93. The zero-order valence-electron chi connectivity index (χ0n) is 22.5. The van der Waals surface area contributed by atoms with Crippen LogP contribution >= 0.6 is 11.6 Å². The molecule has 0 unspecified atom stereocenters. The van der Waals surface area contributed by atoms with E-state index in [1.54, 1.807) is 23.2 Å². The van der Waals surface area contributed by atoms with E-state index >= 15 is 0 Å². The topological polar surface area (TPSA) is 116 Å². The Balaban J connectivity index is 1.64. The molecule has 1 heterocycles. The van der Waals surface area contributed by atoms with E-state index in [2.05, 4.69) is 20.7 Å². The molecule has 40 heavy (non-hydrogen) atoms. The second-order valence-electron chi connectivity index (χ2n) is 9.57. The van der Waals surface area contributed by atoms with Crippen molar-refractivity contribution in [2.45, 2.75) is 19.8 Å². The van der Waals surface area contributed by atoms with Crippen molar-refractivity contribution < 1.29 is 14.0 Å². The molecule has 2 amide bonds. The zero-order valence-corrected chi connectivity index (χ0v) is 23.3. The van der Waals surface area contributed by atoms with E-state index in [4.69, 9.17) is 17.3 Å². The van der Waals surface area contributed by atoms with Crippen molar-refractivity contribution in [3.63, 3.8) is 0 Å². The first kappa shape index (κ1) is 28.7. The number of nitrogens with two attached hydrogens (primary N) is 1. The summed E-state index contributed by atoms with van der Waals surface area (Å²) < 4.78 is 13.7. The summed E-state index contributed by atoms with van der Waals surface area (Å²) in [4.78, 5) is 31.3. The molecule has 2 aromatic carbocycles. The van der Waals surface area contributed by atoms with Gasteiger partial charge >= 0.3 is 0 Å². The molecule has 4 N–H and O–H groups in total. The van der Waals surface area contributed by atoms with Crippen LogP contribution in [0.3, 0.4) is 0 Å². The Morgan fingerprint density at radius 2 is 1.90 bits per heavy atom. The maximum absolute atomic E-state index is 13.7. The molecule has 0 aliphatic heterocycles. The third kappa shape index (κ3) is 7.02. The maximum atomic E-state index is 13.7. The van der Waals surface area contributed by atoms with Gasteiger partial charge in [-0.3, -0.25) is 9.59 Å². The van der Waals surface area contributed by atoms with Crippen LogP contribution in [-0.4, -0.2) is 54.6 Å². The Bertz CT molecular complexity index is 1470. The molecule has 0 bridgehead atoms. The molecular weight excluding hydrogens is 533 g/mol. The number of aryl methyl sites for hydroxylation is 1. The van der Waals surface area contributed by atoms with E-state index in [0.717, 1.165) is 30.5 Å². The molecule has 4 rings (SSSR count). The Kier molecular flexibility index (Phi) is 9.13. The number of benzene rings is 2. The average Bonchev–Trinajstić information content (AvgIpc) is 2.92. The SMILES string of the molecule is C/C(=N\N(C1=CCCc2ccc(NC(=O)c3cc(NCCN(C)C)ncc3Cl)cc21)c1ccc(F)cc1)C(N)=O. The lowest BCUT2D eigenvalue weighted by Gasteiger charge is -2.28. The van der Waals surface area contributed by atoms with E-state index in [0.29, 0.717) is 29.4 Å². The van der Waals surface area contributed by atoms with Gasteiger partial charge in [0.2, 0.25) is 0 Å². The van der Waals surface area contributed by atoms with Gasteiger partial charge < -0.3 is 21.3 Å². The van der Waals surface area contributed by atoms with Crippen molar-refractivity contribution in [2.24, 2.45) is 10.8 Å². The Morgan fingerprint density at radius 1 is 1.15 bits per heavy atom. The van der Waals surface area contributed by atoms with E-state index in [9.17, 15) is 14.0 Å². The van der Waals surface area contributed by atoms with Gasteiger partial charge in [-0.15, -0.1) is 0 Å². The third-order valence-electron chi connectivity index (χ3n) is 6.27. The van der Waals surface area contributed by atoms with Crippen LogP contribution < -0.4 is 21.4 Å². The van der Waals surface area contributed by atoms with Crippen molar-refractivity contribution in [3.8, 4) is 0 Å². The summed E-state index contributed by atoms with van der Waals surface area (Å²) in [6, 6.07) is 13.0. The molecule has 3 aromatic rings. The summed E-state index contributed by atoms with van der Waals surface area (Å²) in [5.41, 5.74) is 9.44. The molecule has 0 spiro atoms. The Hall–Kier alpha value is -4.28. The number of nitrogens with one attached hydrogen (secondary N) is 2. The van der Waals surface area contributed by atoms with Crippen LogP contribution in [0, 0.1) is 5.82 Å². The smallest absolute Gasteiger partial charge is 0.264 e. The number of rotatable bonds is 10. The first-order valence-electron chi connectivity index (χ1n) is 12.7. The number of anilines is 3. The van der Waals surface area contributed by atoms with Crippen molar-refractivity contribution >= 4 is 52.0 Å². The number of allylic oxidation sites excluding steroid dienone is 1. The highest BCUT2D eigenvalue weighted by molar-refractivity contribution is 6.37. The number of fused-ring (bicyclic) bond motifs is 1. The highest BCUT2D eigenvalue weighted by Gasteiger charge is 2.22. The number of nitrogens with zero attached hydrogens (tertiary/aromatic N) is 4. The van der Waals surface area contributed by atoms with Crippen LogP contribution in [0.4, 0.5) is 21.6 Å². The van der Waals surface area contributed by atoms with Crippen LogP contribution in [0.5, 0.6) is 0 Å². The molecule has 0 saturated carbocycles. The monoisotopic (exact) mass is 563 g/mol. The first-order valence-corrected chi connectivity index (χ1v) is 13.1. The number of pyridine rings is 1.